The van der Waals surface area contributed by atoms with Gasteiger partial charge in [-0.15, -0.1) is 0 Å². The van der Waals surface area contributed by atoms with Crippen LogP contribution < -0.4 is 0 Å². The average Bonchev–Trinajstić information content (AvgIpc) is 2.88. The third-order valence-corrected chi connectivity index (χ3v) is 3.70. The van der Waals surface area contributed by atoms with E-state index in [0.717, 1.165) is 19.3 Å². The summed E-state index contributed by atoms with van der Waals surface area (Å²) >= 11 is 0. The maximum atomic E-state index is 12.7. The van der Waals surface area contributed by atoms with Crippen LogP contribution in [0.5, 0.6) is 0 Å². The van der Waals surface area contributed by atoms with E-state index in [1.807, 2.05) is 20.8 Å². The molecule has 1 atom stereocenters. The van der Waals surface area contributed by atoms with Gasteiger partial charge in [0.25, 0.3) is 0 Å². The minimum absolute atomic E-state index is 0.0109. The SMILES string of the molecule is CC1(/C=C(/C(=O)C(C)(C)C)n2cncn2)CC=CCC1. The number of allylic oxidation sites excluding steroid dienone is 4. The highest BCUT2D eigenvalue weighted by Gasteiger charge is 2.30. The molecule has 20 heavy (non-hydrogen) atoms. The Hall–Kier alpha value is -1.71. The Kier molecular flexibility index (Phi) is 3.93. The second-order valence-corrected chi connectivity index (χ2v) is 6.82. The Bertz CT molecular complexity index is 535. The van der Waals surface area contributed by atoms with Crippen LogP contribution in [-0.2, 0) is 4.79 Å². The van der Waals surface area contributed by atoms with Crippen LogP contribution in [0.3, 0.4) is 0 Å². The molecule has 108 valence electrons. The number of Topliss-reactive ketones (excluding diaryl/α,β-unsaturated/α-hetero) is 1. The van der Waals surface area contributed by atoms with E-state index in [9.17, 15) is 4.79 Å². The Balaban J connectivity index is 2.42. The third kappa shape index (κ3) is 3.24. The molecule has 0 N–H and O–H groups in total. The first-order chi connectivity index (χ1) is 9.32. The molecule has 4 nitrogen and oxygen atoms in total. The molecule has 1 aromatic rings. The molecule has 2 rings (SSSR count). The number of carbonyl (C=O) groups excluding carboxylic acids is 1. The zero-order chi connectivity index (χ0) is 14.8. The highest BCUT2D eigenvalue weighted by Crippen LogP contribution is 2.36. The standard InChI is InChI=1S/C16H23N3O/c1-15(2,3)14(20)13(19-12-17-11-18-19)10-16(4)8-6-5-7-9-16/h5-6,10-12H,7-9H2,1-4H3/b13-10-. The van der Waals surface area contributed by atoms with Crippen molar-refractivity contribution in [1.82, 2.24) is 14.8 Å². The molecule has 0 bridgehead atoms. The van der Waals surface area contributed by atoms with Gasteiger partial charge in [-0.2, -0.15) is 5.10 Å². The molecular weight excluding hydrogens is 250 g/mol. The van der Waals surface area contributed by atoms with Gasteiger partial charge in [0.2, 0.25) is 0 Å². The molecule has 0 amide bonds. The molecule has 1 heterocycles. The lowest BCUT2D eigenvalue weighted by Crippen LogP contribution is -2.27. The smallest absolute Gasteiger partial charge is 0.186 e. The second kappa shape index (κ2) is 5.35. The second-order valence-electron chi connectivity index (χ2n) is 6.82. The normalized spacial score (nSPS) is 23.9. The first-order valence-electron chi connectivity index (χ1n) is 7.09. The molecule has 0 aliphatic heterocycles. The van der Waals surface area contributed by atoms with Crippen LogP contribution >= 0.6 is 0 Å². The lowest BCUT2D eigenvalue weighted by molar-refractivity contribution is -0.120. The largest absolute Gasteiger partial charge is 0.292 e. The maximum Gasteiger partial charge on any atom is 0.186 e. The van der Waals surface area contributed by atoms with Gasteiger partial charge in [-0.25, -0.2) is 9.67 Å². The number of aromatic nitrogens is 3. The van der Waals surface area contributed by atoms with Gasteiger partial charge >= 0.3 is 0 Å². The van der Waals surface area contributed by atoms with Gasteiger partial charge in [0, 0.05) is 5.41 Å². The number of ketones is 1. The molecule has 0 fully saturated rings. The van der Waals surface area contributed by atoms with Gasteiger partial charge in [-0.05, 0) is 30.8 Å². The van der Waals surface area contributed by atoms with Crippen LogP contribution in [0.4, 0.5) is 0 Å². The van der Waals surface area contributed by atoms with Gasteiger partial charge in [0.1, 0.15) is 18.4 Å². The van der Waals surface area contributed by atoms with Crippen molar-refractivity contribution < 1.29 is 4.79 Å². The predicted octanol–water partition coefficient (Wildman–Crippen LogP) is 3.48. The zero-order valence-corrected chi connectivity index (χ0v) is 12.8. The van der Waals surface area contributed by atoms with Gasteiger partial charge < -0.3 is 0 Å². The number of nitrogens with zero attached hydrogens (tertiary/aromatic N) is 3. The first kappa shape index (κ1) is 14.7. The van der Waals surface area contributed by atoms with Gasteiger partial charge in [-0.3, -0.25) is 4.79 Å². The number of rotatable bonds is 3. The van der Waals surface area contributed by atoms with Crippen molar-refractivity contribution >= 4 is 11.5 Å². The Morgan fingerprint density at radius 2 is 2.10 bits per heavy atom. The molecule has 1 aliphatic carbocycles. The monoisotopic (exact) mass is 273 g/mol. The molecule has 0 spiro atoms. The van der Waals surface area contributed by atoms with Gasteiger partial charge in [-0.1, -0.05) is 39.8 Å². The van der Waals surface area contributed by atoms with E-state index in [1.165, 1.54) is 6.33 Å². The molecular formula is C16H23N3O. The maximum absolute atomic E-state index is 12.7. The molecule has 0 saturated carbocycles. The van der Waals surface area contributed by atoms with Crippen molar-refractivity contribution in [3.63, 3.8) is 0 Å². The third-order valence-electron chi connectivity index (χ3n) is 3.70. The summed E-state index contributed by atoms with van der Waals surface area (Å²) in [5.74, 6) is 0.0961. The van der Waals surface area contributed by atoms with E-state index in [1.54, 1.807) is 11.0 Å². The number of hydrogen-bond acceptors (Lipinski definition) is 3. The number of carbonyl (C=O) groups is 1. The Labute approximate surface area is 120 Å². The highest BCUT2D eigenvalue weighted by atomic mass is 16.1. The van der Waals surface area contributed by atoms with E-state index >= 15 is 0 Å². The van der Waals surface area contributed by atoms with Crippen LogP contribution in [0.1, 0.15) is 47.0 Å². The predicted molar refractivity (Wildman–Crippen MR) is 79.9 cm³/mol. The van der Waals surface area contributed by atoms with Crippen LogP contribution in [-0.4, -0.2) is 20.5 Å². The molecule has 1 unspecified atom stereocenters. The fourth-order valence-electron chi connectivity index (χ4n) is 2.40. The molecule has 1 aliphatic rings. The average molecular weight is 273 g/mol. The number of hydrogen-bond donors (Lipinski definition) is 0. The lowest BCUT2D eigenvalue weighted by Gasteiger charge is -2.29. The van der Waals surface area contributed by atoms with E-state index in [4.69, 9.17) is 0 Å². The molecule has 0 aromatic carbocycles. The topological polar surface area (TPSA) is 47.8 Å². The first-order valence-corrected chi connectivity index (χ1v) is 7.09. The molecule has 4 heteroatoms. The van der Waals surface area contributed by atoms with Gasteiger partial charge in [0.15, 0.2) is 5.78 Å². The summed E-state index contributed by atoms with van der Waals surface area (Å²) in [6, 6.07) is 0. The van der Waals surface area contributed by atoms with E-state index in [0.29, 0.717) is 5.70 Å². The van der Waals surface area contributed by atoms with Gasteiger partial charge in [0.05, 0.1) is 0 Å². The summed E-state index contributed by atoms with van der Waals surface area (Å²) in [6.45, 7) is 8.00. The minimum Gasteiger partial charge on any atom is -0.292 e. The highest BCUT2D eigenvalue weighted by molar-refractivity contribution is 6.17. The zero-order valence-electron chi connectivity index (χ0n) is 12.8. The van der Waals surface area contributed by atoms with Crippen LogP contribution in [0.15, 0.2) is 30.9 Å². The summed E-state index contributed by atoms with van der Waals surface area (Å²) in [5, 5.41) is 4.15. The van der Waals surface area contributed by atoms with Crippen LogP contribution in [0.2, 0.25) is 0 Å². The minimum atomic E-state index is -0.432. The fraction of sp³-hybridized carbons (Fsp3) is 0.562. The summed E-state index contributed by atoms with van der Waals surface area (Å²) < 4.78 is 1.59. The van der Waals surface area contributed by atoms with E-state index < -0.39 is 5.41 Å². The lowest BCUT2D eigenvalue weighted by atomic mass is 9.77. The summed E-state index contributed by atoms with van der Waals surface area (Å²) in [5.41, 5.74) is 0.211. The summed E-state index contributed by atoms with van der Waals surface area (Å²) in [7, 11) is 0. The van der Waals surface area contributed by atoms with Crippen molar-refractivity contribution in [2.45, 2.75) is 47.0 Å². The van der Waals surface area contributed by atoms with Crippen molar-refractivity contribution in [3.05, 3.63) is 30.9 Å². The van der Waals surface area contributed by atoms with Crippen LogP contribution in [0, 0.1) is 10.8 Å². The quantitative estimate of drug-likeness (QED) is 0.625. The molecule has 1 aromatic heterocycles. The summed E-state index contributed by atoms with van der Waals surface area (Å²) in [4.78, 5) is 16.7. The Morgan fingerprint density at radius 3 is 2.60 bits per heavy atom. The van der Waals surface area contributed by atoms with Crippen molar-refractivity contribution in [2.24, 2.45) is 10.8 Å². The molecule has 0 radical (unpaired) electrons. The van der Waals surface area contributed by atoms with Crippen LogP contribution in [0.25, 0.3) is 5.70 Å². The van der Waals surface area contributed by atoms with Crippen molar-refractivity contribution in [3.8, 4) is 0 Å². The van der Waals surface area contributed by atoms with Crippen molar-refractivity contribution in [1.29, 1.82) is 0 Å². The van der Waals surface area contributed by atoms with E-state index in [-0.39, 0.29) is 11.2 Å². The van der Waals surface area contributed by atoms with Crippen molar-refractivity contribution in [2.75, 3.05) is 0 Å². The fourth-order valence-corrected chi connectivity index (χ4v) is 2.40. The Morgan fingerprint density at radius 1 is 1.35 bits per heavy atom. The molecule has 0 saturated heterocycles. The summed E-state index contributed by atoms with van der Waals surface area (Å²) in [6.07, 6.45) is 12.6. The van der Waals surface area contributed by atoms with E-state index in [2.05, 4.69) is 35.2 Å².